The van der Waals surface area contributed by atoms with Crippen LogP contribution in [0.25, 0.3) is 0 Å². The lowest BCUT2D eigenvalue weighted by molar-refractivity contribution is -0.200. The SMILES string of the molecule is O=C(Nc1cccc(Cl)c1C(=O)N(OC(=O)C(F)(F)F)c1ccc(Cl)cn1)C1CCNCC1. The Morgan fingerprint density at radius 3 is 2.42 bits per heavy atom. The van der Waals surface area contributed by atoms with Gasteiger partial charge in [0.05, 0.1) is 21.3 Å². The molecule has 8 nitrogen and oxygen atoms in total. The molecule has 0 bridgehead atoms. The van der Waals surface area contributed by atoms with Crippen molar-refractivity contribution in [3.63, 3.8) is 0 Å². The number of alkyl halides is 3. The molecule has 0 saturated carbocycles. The summed E-state index contributed by atoms with van der Waals surface area (Å²) in [4.78, 5) is 45.5. The van der Waals surface area contributed by atoms with E-state index in [1.54, 1.807) is 0 Å². The maximum Gasteiger partial charge on any atom is 0.493 e. The summed E-state index contributed by atoms with van der Waals surface area (Å²) in [7, 11) is 0. The lowest BCUT2D eigenvalue weighted by Crippen LogP contribution is -2.40. The van der Waals surface area contributed by atoms with Crippen molar-refractivity contribution in [3.05, 3.63) is 52.1 Å². The molecule has 1 aliphatic heterocycles. The minimum atomic E-state index is -5.39. The Kier molecular flexibility index (Phi) is 7.77. The largest absolute Gasteiger partial charge is 0.493 e. The number of hydrogen-bond acceptors (Lipinski definition) is 6. The molecule has 2 amide bonds. The fourth-order valence-electron chi connectivity index (χ4n) is 3.08. The zero-order valence-corrected chi connectivity index (χ0v) is 18.3. The quantitative estimate of drug-likeness (QED) is 0.610. The molecule has 0 aliphatic carbocycles. The first-order valence-electron chi connectivity index (χ1n) is 9.63. The number of hydroxylamine groups is 1. The van der Waals surface area contributed by atoms with Crippen LogP contribution in [-0.2, 0) is 14.4 Å². The van der Waals surface area contributed by atoms with Gasteiger partial charge in [-0.1, -0.05) is 29.3 Å². The van der Waals surface area contributed by atoms with Crippen molar-refractivity contribution in [2.24, 2.45) is 5.92 Å². The summed E-state index contributed by atoms with van der Waals surface area (Å²) in [6, 6.07) is 6.42. The second-order valence-corrected chi connectivity index (χ2v) is 7.83. The molecule has 33 heavy (non-hydrogen) atoms. The summed E-state index contributed by atoms with van der Waals surface area (Å²) in [5, 5.41) is 5.70. The Balaban J connectivity index is 1.97. The third-order valence-corrected chi connectivity index (χ3v) is 5.24. The minimum absolute atomic E-state index is 0.0492. The van der Waals surface area contributed by atoms with Crippen molar-refractivity contribution < 1.29 is 32.4 Å². The highest BCUT2D eigenvalue weighted by atomic mass is 35.5. The average molecular weight is 505 g/mol. The summed E-state index contributed by atoms with van der Waals surface area (Å²) >= 11 is 11.9. The van der Waals surface area contributed by atoms with Crippen LogP contribution in [0.5, 0.6) is 0 Å². The van der Waals surface area contributed by atoms with Gasteiger partial charge in [-0.15, -0.1) is 5.06 Å². The normalized spacial score (nSPS) is 14.5. The predicted octanol–water partition coefficient (Wildman–Crippen LogP) is 3.99. The molecule has 1 aromatic carbocycles. The highest BCUT2D eigenvalue weighted by molar-refractivity contribution is 6.35. The molecular formula is C20H17Cl2F3N4O4. The molecule has 0 radical (unpaired) electrons. The van der Waals surface area contributed by atoms with Crippen LogP contribution in [0.15, 0.2) is 36.5 Å². The number of nitrogens with one attached hydrogen (secondary N) is 2. The van der Waals surface area contributed by atoms with Gasteiger partial charge in [-0.3, -0.25) is 9.59 Å². The molecule has 0 atom stereocenters. The van der Waals surface area contributed by atoms with Crippen LogP contribution in [0, 0.1) is 5.92 Å². The van der Waals surface area contributed by atoms with Gasteiger partial charge in [-0.2, -0.15) is 13.2 Å². The van der Waals surface area contributed by atoms with E-state index in [0.717, 1.165) is 12.3 Å². The highest BCUT2D eigenvalue weighted by Gasteiger charge is 2.44. The number of anilines is 2. The molecule has 0 unspecified atom stereocenters. The molecule has 2 N–H and O–H groups in total. The van der Waals surface area contributed by atoms with Gasteiger partial charge in [-0.05, 0) is 50.2 Å². The summed E-state index contributed by atoms with van der Waals surface area (Å²) in [6.45, 7) is 1.28. The smallest absolute Gasteiger partial charge is 0.325 e. The van der Waals surface area contributed by atoms with E-state index in [1.165, 1.54) is 24.3 Å². The van der Waals surface area contributed by atoms with Crippen molar-refractivity contribution >= 4 is 52.5 Å². The molecular weight excluding hydrogens is 488 g/mol. The number of hydrogen-bond donors (Lipinski definition) is 2. The van der Waals surface area contributed by atoms with Gasteiger partial charge < -0.3 is 15.5 Å². The van der Waals surface area contributed by atoms with Crippen molar-refractivity contribution in [2.75, 3.05) is 23.5 Å². The number of amides is 2. The summed E-state index contributed by atoms with van der Waals surface area (Å²) < 4.78 is 38.5. The van der Waals surface area contributed by atoms with E-state index in [0.29, 0.717) is 25.9 Å². The van der Waals surface area contributed by atoms with E-state index in [4.69, 9.17) is 23.2 Å². The highest BCUT2D eigenvalue weighted by Crippen LogP contribution is 2.30. The minimum Gasteiger partial charge on any atom is -0.325 e. The molecule has 2 aromatic rings. The fraction of sp³-hybridized carbons (Fsp3) is 0.300. The number of halogens is 5. The standard InChI is InChI=1S/C20H17Cl2F3N4O4/c21-12-4-5-15(27-10-12)29(33-19(32)20(23,24)25)18(31)16-13(22)2-1-3-14(16)28-17(30)11-6-8-26-9-7-11/h1-5,10-11,26H,6-9H2,(H,28,30). The zero-order chi connectivity index (χ0) is 24.2. The number of rotatable bonds is 4. The van der Waals surface area contributed by atoms with Gasteiger partial charge >= 0.3 is 12.1 Å². The molecule has 2 heterocycles. The fourth-order valence-corrected chi connectivity index (χ4v) is 3.45. The summed E-state index contributed by atoms with van der Waals surface area (Å²) in [5.41, 5.74) is -0.439. The maximum absolute atomic E-state index is 13.3. The van der Waals surface area contributed by atoms with Crippen LogP contribution in [-0.4, -0.2) is 42.0 Å². The van der Waals surface area contributed by atoms with E-state index in [-0.39, 0.29) is 38.2 Å². The monoisotopic (exact) mass is 504 g/mol. The van der Waals surface area contributed by atoms with Crippen LogP contribution in [0.2, 0.25) is 10.0 Å². The topological polar surface area (TPSA) is 101 Å². The Hall–Kier alpha value is -2.89. The van der Waals surface area contributed by atoms with Crippen LogP contribution in [0.4, 0.5) is 24.7 Å². The van der Waals surface area contributed by atoms with Crippen LogP contribution < -0.4 is 15.7 Å². The number of piperidine rings is 1. The van der Waals surface area contributed by atoms with Gasteiger partial charge in [0.1, 0.15) is 0 Å². The summed E-state index contributed by atoms with van der Waals surface area (Å²) in [6.07, 6.45) is -3.21. The lowest BCUT2D eigenvalue weighted by Gasteiger charge is -2.24. The Bertz CT molecular complexity index is 1040. The lowest BCUT2D eigenvalue weighted by atomic mass is 9.97. The Labute approximate surface area is 196 Å². The van der Waals surface area contributed by atoms with Gasteiger partial charge in [0, 0.05) is 12.1 Å². The third kappa shape index (κ3) is 6.12. The van der Waals surface area contributed by atoms with Crippen LogP contribution >= 0.6 is 23.2 Å². The van der Waals surface area contributed by atoms with Gasteiger partial charge in [-0.25, -0.2) is 9.78 Å². The Morgan fingerprint density at radius 2 is 1.82 bits per heavy atom. The predicted molar refractivity (Wildman–Crippen MR) is 114 cm³/mol. The van der Waals surface area contributed by atoms with Crippen molar-refractivity contribution in [3.8, 4) is 0 Å². The number of pyridine rings is 1. The first-order valence-corrected chi connectivity index (χ1v) is 10.4. The average Bonchev–Trinajstić information content (AvgIpc) is 2.77. The number of nitrogens with zero attached hydrogens (tertiary/aromatic N) is 2. The van der Waals surface area contributed by atoms with E-state index in [1.807, 2.05) is 0 Å². The van der Waals surface area contributed by atoms with Gasteiger partial charge in [0.25, 0.3) is 5.91 Å². The maximum atomic E-state index is 13.3. The second-order valence-electron chi connectivity index (χ2n) is 6.99. The number of benzene rings is 1. The molecule has 0 spiro atoms. The molecule has 1 aliphatic rings. The van der Waals surface area contributed by atoms with Crippen molar-refractivity contribution in [1.82, 2.24) is 10.3 Å². The third-order valence-electron chi connectivity index (χ3n) is 4.71. The van der Waals surface area contributed by atoms with E-state index >= 15 is 0 Å². The first kappa shape index (κ1) is 24.7. The van der Waals surface area contributed by atoms with Gasteiger partial charge in [0.15, 0.2) is 5.82 Å². The van der Waals surface area contributed by atoms with Crippen LogP contribution in [0.3, 0.4) is 0 Å². The molecule has 1 fully saturated rings. The zero-order valence-electron chi connectivity index (χ0n) is 16.8. The summed E-state index contributed by atoms with van der Waals surface area (Å²) in [5.74, 6) is -5.08. The number of carbonyl (C=O) groups is 3. The first-order chi connectivity index (χ1) is 15.6. The molecule has 3 rings (SSSR count). The van der Waals surface area contributed by atoms with E-state index < -0.39 is 23.9 Å². The molecule has 1 saturated heterocycles. The van der Waals surface area contributed by atoms with E-state index in [9.17, 15) is 27.6 Å². The second kappa shape index (κ2) is 10.4. The van der Waals surface area contributed by atoms with Crippen molar-refractivity contribution in [1.29, 1.82) is 0 Å². The Morgan fingerprint density at radius 1 is 1.12 bits per heavy atom. The number of aromatic nitrogens is 1. The molecule has 13 heteroatoms. The van der Waals surface area contributed by atoms with Gasteiger partial charge in [0.2, 0.25) is 5.91 Å². The molecule has 176 valence electrons. The van der Waals surface area contributed by atoms with E-state index in [2.05, 4.69) is 20.5 Å². The molecule has 1 aromatic heterocycles. The number of carbonyl (C=O) groups excluding carboxylic acids is 3. The van der Waals surface area contributed by atoms with Crippen molar-refractivity contribution in [2.45, 2.75) is 19.0 Å². The van der Waals surface area contributed by atoms with Crippen LogP contribution in [0.1, 0.15) is 23.2 Å².